The van der Waals surface area contributed by atoms with Gasteiger partial charge >= 0.3 is 12.3 Å². The topological polar surface area (TPSA) is 103 Å². The molecule has 1 aromatic heterocycles. The van der Waals surface area contributed by atoms with Crippen molar-refractivity contribution in [1.29, 1.82) is 0 Å². The van der Waals surface area contributed by atoms with Crippen LogP contribution in [0.4, 0.5) is 23.7 Å². The number of benzene rings is 1. The van der Waals surface area contributed by atoms with Gasteiger partial charge in [-0.3, -0.25) is 14.6 Å². The number of fused-ring (bicyclic) bond motifs is 1. The fourth-order valence-electron chi connectivity index (χ4n) is 4.68. The quantitative estimate of drug-likeness (QED) is 0.629. The van der Waals surface area contributed by atoms with Crippen LogP contribution in [0, 0.1) is 0 Å². The van der Waals surface area contributed by atoms with E-state index < -0.39 is 41.9 Å². The number of alkyl halides is 3. The molecule has 2 heterocycles. The van der Waals surface area contributed by atoms with Crippen molar-refractivity contribution < 1.29 is 32.7 Å². The summed E-state index contributed by atoms with van der Waals surface area (Å²) in [6.45, 7) is 0. The molecule has 2 aromatic rings. The number of carbonyl (C=O) groups excluding carboxylic acids is 2. The van der Waals surface area contributed by atoms with Crippen LogP contribution in [-0.4, -0.2) is 63.1 Å². The number of carboxylic acid groups (broad SMARTS) is 1. The Labute approximate surface area is 203 Å². The molecule has 186 valence electrons. The van der Waals surface area contributed by atoms with Gasteiger partial charge in [0.05, 0.1) is 17.6 Å². The van der Waals surface area contributed by atoms with Gasteiger partial charge in [0, 0.05) is 24.5 Å². The number of anilines is 1. The van der Waals surface area contributed by atoms with Crippen LogP contribution >= 0.6 is 11.6 Å². The van der Waals surface area contributed by atoms with E-state index in [2.05, 4.69) is 10.3 Å². The van der Waals surface area contributed by atoms with Crippen LogP contribution in [0.3, 0.4) is 0 Å². The lowest BCUT2D eigenvalue weighted by molar-refractivity contribution is -0.191. The summed E-state index contributed by atoms with van der Waals surface area (Å²) in [6, 6.07) is 4.40. The summed E-state index contributed by atoms with van der Waals surface area (Å²) in [5, 5.41) is 13.1. The van der Waals surface area contributed by atoms with Gasteiger partial charge in [-0.25, -0.2) is 9.69 Å². The van der Waals surface area contributed by atoms with Crippen molar-refractivity contribution in [2.45, 2.75) is 50.0 Å². The summed E-state index contributed by atoms with van der Waals surface area (Å²) < 4.78 is 42.0. The Hall–Kier alpha value is -3.34. The highest BCUT2D eigenvalue weighted by Crippen LogP contribution is 2.38. The molecule has 1 aliphatic carbocycles. The third kappa shape index (κ3) is 5.04. The molecule has 2 aliphatic rings. The minimum Gasteiger partial charge on any atom is -0.465 e. The first-order chi connectivity index (χ1) is 16.5. The van der Waals surface area contributed by atoms with Gasteiger partial charge in [0.15, 0.2) is 6.04 Å². The molecule has 1 unspecified atom stereocenters. The molecule has 1 aromatic carbocycles. The van der Waals surface area contributed by atoms with E-state index in [1.165, 1.54) is 18.3 Å². The lowest BCUT2D eigenvalue weighted by Crippen LogP contribution is -2.50. The van der Waals surface area contributed by atoms with Crippen LogP contribution < -0.4 is 5.32 Å². The standard InChI is InChI=1S/C23H22ClF3N4O4/c1-30(21(33)18-6-7-19(32)31(18)22(34)35)20(23(25,26)27)17-5-4-15(11-28-17)29-16-9-12-2-3-14(24)8-13(12)10-16/h2-5,8,11,16,18,20,29H,6-7,9-10H2,1H3,(H,34,35)/t16-,18+,20?/m0/s1. The van der Waals surface area contributed by atoms with E-state index in [1.807, 2.05) is 18.2 Å². The summed E-state index contributed by atoms with van der Waals surface area (Å²) in [7, 11) is 0.929. The normalized spacial score (nSPS) is 20.5. The predicted molar refractivity (Wildman–Crippen MR) is 120 cm³/mol. The molecule has 2 N–H and O–H groups in total. The highest BCUT2D eigenvalue weighted by molar-refractivity contribution is 6.30. The van der Waals surface area contributed by atoms with Crippen LogP contribution in [0.1, 0.15) is 35.7 Å². The molecule has 3 atom stereocenters. The fraction of sp³-hybridized carbons (Fsp3) is 0.391. The minimum atomic E-state index is -4.88. The van der Waals surface area contributed by atoms with Crippen molar-refractivity contribution in [3.63, 3.8) is 0 Å². The molecule has 12 heteroatoms. The second kappa shape index (κ2) is 9.37. The number of likely N-dealkylation sites (N-methyl/N-ethyl adjacent to an activating group) is 1. The van der Waals surface area contributed by atoms with Crippen molar-refractivity contribution in [1.82, 2.24) is 14.8 Å². The summed E-state index contributed by atoms with van der Waals surface area (Å²) in [4.78, 5) is 40.6. The first kappa shape index (κ1) is 24.8. The predicted octanol–water partition coefficient (Wildman–Crippen LogP) is 4.05. The lowest BCUT2D eigenvalue weighted by atomic mass is 10.1. The molecule has 0 bridgehead atoms. The zero-order valence-electron chi connectivity index (χ0n) is 18.6. The summed E-state index contributed by atoms with van der Waals surface area (Å²) in [6.07, 6.45) is -4.25. The van der Waals surface area contributed by atoms with E-state index >= 15 is 0 Å². The second-order valence-corrected chi connectivity index (χ2v) is 9.06. The number of hydrogen-bond acceptors (Lipinski definition) is 5. The second-order valence-electron chi connectivity index (χ2n) is 8.63. The first-order valence-electron chi connectivity index (χ1n) is 10.8. The Bertz CT molecular complexity index is 1160. The number of nitrogens with zero attached hydrogens (tertiary/aromatic N) is 3. The molecular weight excluding hydrogens is 489 g/mol. The van der Waals surface area contributed by atoms with Crippen molar-refractivity contribution in [3.8, 4) is 0 Å². The fourth-order valence-corrected chi connectivity index (χ4v) is 4.88. The summed E-state index contributed by atoms with van der Waals surface area (Å²) >= 11 is 6.04. The van der Waals surface area contributed by atoms with Crippen molar-refractivity contribution >= 4 is 35.2 Å². The Balaban J connectivity index is 1.49. The Morgan fingerprint density at radius 3 is 2.57 bits per heavy atom. The largest absolute Gasteiger partial charge is 0.465 e. The zero-order chi connectivity index (χ0) is 25.5. The zero-order valence-corrected chi connectivity index (χ0v) is 19.3. The number of aromatic nitrogens is 1. The number of nitrogens with one attached hydrogen (secondary N) is 1. The van der Waals surface area contributed by atoms with Gasteiger partial charge in [-0.1, -0.05) is 17.7 Å². The van der Waals surface area contributed by atoms with E-state index in [0.717, 1.165) is 24.6 Å². The summed E-state index contributed by atoms with van der Waals surface area (Å²) in [5.74, 6) is -1.94. The molecule has 4 rings (SSSR count). The summed E-state index contributed by atoms with van der Waals surface area (Å²) in [5.41, 5.74) is 2.35. The number of pyridine rings is 1. The Kier molecular flexibility index (Phi) is 6.63. The van der Waals surface area contributed by atoms with Crippen LogP contribution in [0.25, 0.3) is 0 Å². The molecule has 0 spiro atoms. The van der Waals surface area contributed by atoms with Crippen LogP contribution in [0.5, 0.6) is 0 Å². The van der Waals surface area contributed by atoms with E-state index in [1.54, 1.807) is 0 Å². The molecule has 3 amide bonds. The maximum absolute atomic E-state index is 14.0. The van der Waals surface area contributed by atoms with Crippen molar-refractivity contribution in [2.24, 2.45) is 0 Å². The van der Waals surface area contributed by atoms with E-state index in [-0.39, 0.29) is 18.9 Å². The van der Waals surface area contributed by atoms with Gasteiger partial charge in [-0.2, -0.15) is 13.2 Å². The van der Waals surface area contributed by atoms with E-state index in [9.17, 15) is 32.7 Å². The third-order valence-electron chi connectivity index (χ3n) is 6.29. The van der Waals surface area contributed by atoms with Gasteiger partial charge in [0.2, 0.25) is 11.8 Å². The number of likely N-dealkylation sites (tertiary alicyclic amines) is 1. The van der Waals surface area contributed by atoms with Crippen molar-refractivity contribution in [2.75, 3.05) is 12.4 Å². The molecule has 1 aliphatic heterocycles. The molecule has 1 saturated heterocycles. The Morgan fingerprint density at radius 1 is 1.23 bits per heavy atom. The number of hydrogen-bond donors (Lipinski definition) is 2. The average Bonchev–Trinajstić information content (AvgIpc) is 3.35. The molecule has 0 radical (unpaired) electrons. The van der Waals surface area contributed by atoms with Gasteiger partial charge in [0.25, 0.3) is 0 Å². The maximum Gasteiger partial charge on any atom is 0.414 e. The number of carbonyl (C=O) groups is 3. The SMILES string of the molecule is CN(C(=O)[C@H]1CCC(=O)N1C(=O)O)C(c1ccc(N[C@H]2Cc3ccc(Cl)cc3C2)cn1)C(F)(F)F. The highest BCUT2D eigenvalue weighted by atomic mass is 35.5. The number of rotatable bonds is 5. The number of halogens is 4. The van der Waals surface area contributed by atoms with Gasteiger partial charge in [0.1, 0.15) is 6.04 Å². The van der Waals surface area contributed by atoms with Gasteiger partial charge < -0.3 is 15.3 Å². The van der Waals surface area contributed by atoms with Gasteiger partial charge in [-0.15, -0.1) is 0 Å². The first-order valence-corrected chi connectivity index (χ1v) is 11.2. The van der Waals surface area contributed by atoms with Gasteiger partial charge in [-0.05, 0) is 54.7 Å². The minimum absolute atomic E-state index is 0.0284. The molecular formula is C23H22ClF3N4O4. The molecule has 8 nitrogen and oxygen atoms in total. The van der Waals surface area contributed by atoms with Crippen LogP contribution in [-0.2, 0) is 22.4 Å². The van der Waals surface area contributed by atoms with E-state index in [0.29, 0.717) is 26.9 Å². The van der Waals surface area contributed by atoms with Crippen molar-refractivity contribution in [3.05, 3.63) is 58.4 Å². The smallest absolute Gasteiger partial charge is 0.414 e. The third-order valence-corrected chi connectivity index (χ3v) is 6.52. The molecule has 0 saturated carbocycles. The number of imide groups is 1. The van der Waals surface area contributed by atoms with Crippen LogP contribution in [0.2, 0.25) is 5.02 Å². The molecule has 1 fully saturated rings. The Morgan fingerprint density at radius 2 is 1.94 bits per heavy atom. The number of amides is 3. The maximum atomic E-state index is 14.0. The highest BCUT2D eigenvalue weighted by Gasteiger charge is 2.50. The molecule has 35 heavy (non-hydrogen) atoms. The van der Waals surface area contributed by atoms with E-state index in [4.69, 9.17) is 11.6 Å². The lowest BCUT2D eigenvalue weighted by Gasteiger charge is -2.32. The van der Waals surface area contributed by atoms with Crippen LogP contribution in [0.15, 0.2) is 36.5 Å². The monoisotopic (exact) mass is 510 g/mol. The average molecular weight is 511 g/mol.